The summed E-state index contributed by atoms with van der Waals surface area (Å²) in [6.45, 7) is 1.76. The predicted molar refractivity (Wildman–Crippen MR) is 70.1 cm³/mol. The zero-order valence-electron chi connectivity index (χ0n) is 9.67. The zero-order valence-corrected chi connectivity index (χ0v) is 11.3. The molecule has 1 heterocycles. The molecule has 0 aliphatic heterocycles. The van der Waals surface area contributed by atoms with Gasteiger partial charge in [0.1, 0.15) is 5.82 Å². The normalized spacial score (nSPS) is 11.9. The predicted octanol–water partition coefficient (Wildman–Crippen LogP) is 2.94. The molecule has 1 atom stereocenters. The molecule has 0 saturated carbocycles. The van der Waals surface area contributed by atoms with Crippen LogP contribution in [0.1, 0.15) is 24.4 Å². The summed E-state index contributed by atoms with van der Waals surface area (Å²) in [5, 5.41) is 8.02. The highest BCUT2D eigenvalue weighted by Gasteiger charge is 2.11. The first-order valence-electron chi connectivity index (χ1n) is 5.12. The third-order valence-electron chi connectivity index (χ3n) is 2.12. The van der Waals surface area contributed by atoms with Crippen molar-refractivity contribution in [2.75, 3.05) is 0 Å². The summed E-state index contributed by atoms with van der Waals surface area (Å²) < 4.78 is 18.6. The molecule has 18 heavy (non-hydrogen) atoms. The molecule has 0 bridgehead atoms. The molecule has 2 aromatic rings. The number of thioether (sulfide) groups is 1. The summed E-state index contributed by atoms with van der Waals surface area (Å²) in [7, 11) is 0. The van der Waals surface area contributed by atoms with Crippen LogP contribution in [-0.4, -0.2) is 10.2 Å². The van der Waals surface area contributed by atoms with E-state index in [0.29, 0.717) is 22.4 Å². The van der Waals surface area contributed by atoms with Gasteiger partial charge < -0.3 is 10.2 Å². The molecule has 0 aliphatic carbocycles. The highest BCUT2D eigenvalue weighted by Crippen LogP contribution is 2.23. The molecule has 0 fully saturated rings. The van der Waals surface area contributed by atoms with Gasteiger partial charge in [-0.1, -0.05) is 30.0 Å². The summed E-state index contributed by atoms with van der Waals surface area (Å²) in [5.74, 6) is 0.612. The smallest absolute Gasteiger partial charge is 0.276 e. The lowest BCUT2D eigenvalue weighted by atomic mass is 10.2. The van der Waals surface area contributed by atoms with Crippen LogP contribution in [0.5, 0.6) is 0 Å². The lowest BCUT2D eigenvalue weighted by Crippen LogP contribution is -2.04. The Bertz CT molecular complexity index is 507. The molecule has 0 saturated heterocycles. The van der Waals surface area contributed by atoms with Crippen LogP contribution >= 0.6 is 24.2 Å². The number of hydrogen-bond acceptors (Lipinski definition) is 5. The quantitative estimate of drug-likeness (QED) is 0.877. The van der Waals surface area contributed by atoms with E-state index in [1.807, 2.05) is 0 Å². The van der Waals surface area contributed by atoms with Crippen molar-refractivity contribution in [2.45, 2.75) is 23.9 Å². The molecule has 98 valence electrons. The first kappa shape index (κ1) is 14.9. The van der Waals surface area contributed by atoms with Crippen molar-refractivity contribution in [1.29, 1.82) is 0 Å². The second-order valence-electron chi connectivity index (χ2n) is 3.57. The van der Waals surface area contributed by atoms with Crippen LogP contribution < -0.4 is 5.73 Å². The van der Waals surface area contributed by atoms with E-state index in [4.69, 9.17) is 10.2 Å². The van der Waals surface area contributed by atoms with Crippen LogP contribution in [0.15, 0.2) is 33.9 Å². The third-order valence-corrected chi connectivity index (χ3v) is 2.99. The van der Waals surface area contributed by atoms with Gasteiger partial charge in [-0.15, -0.1) is 22.6 Å². The maximum Gasteiger partial charge on any atom is 0.276 e. The monoisotopic (exact) mass is 289 g/mol. The average Bonchev–Trinajstić information content (AvgIpc) is 2.77. The topological polar surface area (TPSA) is 64.9 Å². The van der Waals surface area contributed by atoms with Gasteiger partial charge in [0.25, 0.3) is 5.22 Å². The maximum atomic E-state index is 13.3. The Hall–Kier alpha value is -1.11. The van der Waals surface area contributed by atoms with Gasteiger partial charge in [0.05, 0.1) is 6.04 Å². The lowest BCUT2D eigenvalue weighted by molar-refractivity contribution is 0.394. The van der Waals surface area contributed by atoms with E-state index in [1.165, 1.54) is 17.8 Å². The van der Waals surface area contributed by atoms with Gasteiger partial charge in [-0.3, -0.25) is 0 Å². The molecular weight excluding hydrogens is 277 g/mol. The molecular formula is C11H13ClFN3OS. The lowest BCUT2D eigenvalue weighted by Gasteiger charge is -1.99. The number of aromatic nitrogens is 2. The van der Waals surface area contributed by atoms with Crippen molar-refractivity contribution in [2.24, 2.45) is 5.73 Å². The Balaban J connectivity index is 0.00000162. The van der Waals surface area contributed by atoms with Crippen molar-refractivity contribution in [3.05, 3.63) is 41.5 Å². The van der Waals surface area contributed by atoms with Gasteiger partial charge in [0.15, 0.2) is 0 Å². The number of nitrogens with zero attached hydrogens (tertiary/aromatic N) is 2. The molecule has 7 heteroatoms. The fraction of sp³-hybridized carbons (Fsp3) is 0.273. The number of nitrogens with two attached hydrogens (primary N) is 1. The Morgan fingerprint density at radius 1 is 1.39 bits per heavy atom. The minimum atomic E-state index is -0.287. The van der Waals surface area contributed by atoms with Crippen molar-refractivity contribution in [3.8, 4) is 0 Å². The van der Waals surface area contributed by atoms with Crippen LogP contribution in [0, 0.1) is 5.82 Å². The molecule has 0 aliphatic rings. The van der Waals surface area contributed by atoms with Crippen molar-refractivity contribution in [1.82, 2.24) is 10.2 Å². The second kappa shape index (κ2) is 6.72. The zero-order chi connectivity index (χ0) is 12.3. The molecule has 0 unspecified atom stereocenters. The van der Waals surface area contributed by atoms with Crippen LogP contribution in [-0.2, 0) is 5.75 Å². The van der Waals surface area contributed by atoms with Crippen LogP contribution in [0.25, 0.3) is 0 Å². The minimum Gasteiger partial charge on any atom is -0.414 e. The van der Waals surface area contributed by atoms with E-state index in [9.17, 15) is 4.39 Å². The Labute approximate surface area is 115 Å². The van der Waals surface area contributed by atoms with Crippen LogP contribution in [0.3, 0.4) is 0 Å². The van der Waals surface area contributed by atoms with E-state index < -0.39 is 0 Å². The Morgan fingerprint density at radius 3 is 2.72 bits per heavy atom. The summed E-state index contributed by atoms with van der Waals surface area (Å²) in [5.41, 5.74) is 6.20. The standard InChI is InChI=1S/C11H12FN3OS.ClH/c1-7(13)10-14-15-11(16-10)17-6-8-4-2-3-5-9(8)12;/h2-5,7H,6,13H2,1H3;1H/t7-;/m0./s1. The highest BCUT2D eigenvalue weighted by atomic mass is 35.5. The third kappa shape index (κ3) is 3.69. The summed E-state index contributed by atoms with van der Waals surface area (Å²) in [6.07, 6.45) is 0. The fourth-order valence-corrected chi connectivity index (χ4v) is 1.97. The molecule has 0 spiro atoms. The van der Waals surface area contributed by atoms with E-state index in [2.05, 4.69) is 10.2 Å². The molecule has 2 N–H and O–H groups in total. The second-order valence-corrected chi connectivity index (χ2v) is 4.50. The van der Waals surface area contributed by atoms with Gasteiger partial charge in [-0.2, -0.15) is 0 Å². The summed E-state index contributed by atoms with van der Waals surface area (Å²) in [6, 6.07) is 6.32. The molecule has 0 radical (unpaired) electrons. The molecule has 1 aromatic heterocycles. The minimum absolute atomic E-state index is 0. The molecule has 1 aromatic carbocycles. The van der Waals surface area contributed by atoms with Gasteiger partial charge in [-0.25, -0.2) is 4.39 Å². The number of benzene rings is 1. The first-order chi connectivity index (χ1) is 8.16. The molecule has 2 rings (SSSR count). The fourth-order valence-electron chi connectivity index (χ4n) is 1.22. The largest absolute Gasteiger partial charge is 0.414 e. The molecule has 4 nitrogen and oxygen atoms in total. The van der Waals surface area contributed by atoms with Gasteiger partial charge in [0, 0.05) is 5.75 Å². The highest BCUT2D eigenvalue weighted by molar-refractivity contribution is 7.98. The molecule has 0 amide bonds. The van der Waals surface area contributed by atoms with E-state index in [0.717, 1.165) is 0 Å². The maximum absolute atomic E-state index is 13.3. The Morgan fingerprint density at radius 2 is 2.11 bits per heavy atom. The first-order valence-corrected chi connectivity index (χ1v) is 6.10. The van der Waals surface area contributed by atoms with Gasteiger partial charge >= 0.3 is 0 Å². The van der Waals surface area contributed by atoms with E-state index in [-0.39, 0.29) is 24.3 Å². The van der Waals surface area contributed by atoms with Gasteiger partial charge in [0.2, 0.25) is 5.89 Å². The Kier molecular flexibility index (Phi) is 5.58. The van der Waals surface area contributed by atoms with E-state index in [1.54, 1.807) is 25.1 Å². The summed E-state index contributed by atoms with van der Waals surface area (Å²) in [4.78, 5) is 0. The van der Waals surface area contributed by atoms with Crippen molar-refractivity contribution >= 4 is 24.2 Å². The van der Waals surface area contributed by atoms with Gasteiger partial charge in [-0.05, 0) is 18.6 Å². The van der Waals surface area contributed by atoms with Crippen molar-refractivity contribution < 1.29 is 8.81 Å². The van der Waals surface area contributed by atoms with E-state index >= 15 is 0 Å². The van der Waals surface area contributed by atoms with Crippen LogP contribution in [0.4, 0.5) is 4.39 Å². The summed E-state index contributed by atoms with van der Waals surface area (Å²) >= 11 is 1.29. The number of rotatable bonds is 4. The average molecular weight is 290 g/mol. The number of halogens is 2. The SMILES string of the molecule is C[C@H](N)c1nnc(SCc2ccccc2F)o1.Cl. The van der Waals surface area contributed by atoms with Crippen LogP contribution in [0.2, 0.25) is 0 Å². The van der Waals surface area contributed by atoms with Crippen molar-refractivity contribution in [3.63, 3.8) is 0 Å². The number of hydrogen-bond donors (Lipinski definition) is 1.